The molecule has 1 atom stereocenters. The maximum absolute atomic E-state index is 13.7. The van der Waals surface area contributed by atoms with Gasteiger partial charge in [-0.3, -0.25) is 9.78 Å². The Morgan fingerprint density at radius 2 is 1.91 bits per heavy atom. The molecule has 1 fully saturated rings. The van der Waals surface area contributed by atoms with Crippen molar-refractivity contribution < 1.29 is 18.0 Å². The van der Waals surface area contributed by atoms with Gasteiger partial charge in [-0.25, -0.2) is 4.98 Å². The summed E-state index contributed by atoms with van der Waals surface area (Å²) in [4.78, 5) is 22.7. The molecule has 2 aromatic heterocycles. The zero-order valence-corrected chi connectivity index (χ0v) is 19.8. The van der Waals surface area contributed by atoms with Gasteiger partial charge in [0, 0.05) is 25.4 Å². The molecule has 9 heteroatoms. The van der Waals surface area contributed by atoms with Gasteiger partial charge in [0.2, 0.25) is 0 Å². The molecule has 0 spiro atoms. The predicted molar refractivity (Wildman–Crippen MR) is 127 cm³/mol. The van der Waals surface area contributed by atoms with Crippen LogP contribution < -0.4 is 5.32 Å². The highest BCUT2D eigenvalue weighted by Gasteiger charge is 2.39. The average molecular weight is 489 g/mol. The van der Waals surface area contributed by atoms with Crippen LogP contribution >= 0.6 is 11.3 Å². The second kappa shape index (κ2) is 10.7. The summed E-state index contributed by atoms with van der Waals surface area (Å²) in [5.74, 6) is -0.756. The largest absolute Gasteiger partial charge is 0.435 e. The van der Waals surface area contributed by atoms with Crippen molar-refractivity contribution in [3.63, 3.8) is 0 Å². The van der Waals surface area contributed by atoms with Gasteiger partial charge in [0.1, 0.15) is 4.88 Å². The van der Waals surface area contributed by atoms with Crippen LogP contribution in [0.4, 0.5) is 13.2 Å². The van der Waals surface area contributed by atoms with Crippen molar-refractivity contribution in [2.45, 2.75) is 44.8 Å². The van der Waals surface area contributed by atoms with E-state index in [1.807, 2.05) is 36.4 Å². The first-order valence-corrected chi connectivity index (χ1v) is 12.2. The predicted octanol–water partition coefficient (Wildman–Crippen LogP) is 5.74. The quantitative estimate of drug-likeness (QED) is 0.461. The summed E-state index contributed by atoms with van der Waals surface area (Å²) in [6, 6.07) is 10.8. The highest BCUT2D eigenvalue weighted by atomic mass is 32.1. The van der Waals surface area contributed by atoms with E-state index < -0.39 is 23.8 Å². The molecule has 3 aromatic rings. The minimum atomic E-state index is -4.68. The molecule has 0 radical (unpaired) electrons. The van der Waals surface area contributed by atoms with Crippen LogP contribution in [-0.4, -0.2) is 40.4 Å². The fourth-order valence-electron chi connectivity index (χ4n) is 4.12. The summed E-state index contributed by atoms with van der Waals surface area (Å²) in [5, 5.41) is 3.07. The van der Waals surface area contributed by atoms with E-state index in [-0.39, 0.29) is 4.88 Å². The first-order chi connectivity index (χ1) is 16.3. The lowest BCUT2D eigenvalue weighted by Crippen LogP contribution is -2.31. The molecule has 1 aliphatic rings. The van der Waals surface area contributed by atoms with Crippen molar-refractivity contribution in [2.75, 3.05) is 19.6 Å². The van der Waals surface area contributed by atoms with Crippen molar-refractivity contribution in [2.24, 2.45) is 0 Å². The highest BCUT2D eigenvalue weighted by Crippen LogP contribution is 2.35. The Bertz CT molecular complexity index is 1110. The second-order valence-electron chi connectivity index (χ2n) is 8.50. The molecule has 1 aliphatic heterocycles. The van der Waals surface area contributed by atoms with Crippen LogP contribution in [0.2, 0.25) is 0 Å². The van der Waals surface area contributed by atoms with Crippen LogP contribution in [-0.2, 0) is 12.6 Å². The third-order valence-electron chi connectivity index (χ3n) is 5.97. The van der Waals surface area contributed by atoms with Gasteiger partial charge in [0.25, 0.3) is 5.91 Å². The molecular formula is C25H27F3N4OS. The molecule has 3 heterocycles. The number of aromatic nitrogens is 2. The monoisotopic (exact) mass is 488 g/mol. The number of piperidine rings is 1. The molecular weight excluding hydrogens is 461 g/mol. The van der Waals surface area contributed by atoms with Crippen LogP contribution in [0.15, 0.2) is 48.8 Å². The fraction of sp³-hybridized carbons (Fsp3) is 0.400. The Kier molecular flexibility index (Phi) is 7.63. The van der Waals surface area contributed by atoms with Crippen LogP contribution in [0.25, 0.3) is 11.1 Å². The number of nitrogens with one attached hydrogen (secondary N) is 1. The molecule has 1 aromatic carbocycles. The molecule has 1 N–H and O–H groups in total. The molecule has 1 saturated heterocycles. The Hall–Kier alpha value is -2.78. The number of thiazole rings is 1. The van der Waals surface area contributed by atoms with Gasteiger partial charge < -0.3 is 10.2 Å². The number of alkyl halides is 3. The lowest BCUT2D eigenvalue weighted by atomic mass is 10.0. The zero-order chi connectivity index (χ0) is 24.1. The molecule has 0 aliphatic carbocycles. The normalized spacial score (nSPS) is 15.8. The molecule has 180 valence electrons. The van der Waals surface area contributed by atoms with Gasteiger partial charge in [-0.05, 0) is 61.7 Å². The molecule has 4 rings (SSSR count). The number of hydrogen-bond donors (Lipinski definition) is 1. The van der Waals surface area contributed by atoms with Gasteiger partial charge in [0.05, 0.1) is 11.0 Å². The van der Waals surface area contributed by atoms with E-state index in [1.165, 1.54) is 6.42 Å². The Balaban J connectivity index is 1.49. The van der Waals surface area contributed by atoms with Gasteiger partial charge >= 0.3 is 6.18 Å². The van der Waals surface area contributed by atoms with Crippen molar-refractivity contribution in [3.05, 3.63) is 69.9 Å². The Labute approximate surface area is 201 Å². The minimum absolute atomic E-state index is 0.342. The summed E-state index contributed by atoms with van der Waals surface area (Å²) >= 11 is 0.842. The highest BCUT2D eigenvalue weighted by molar-refractivity contribution is 7.13. The lowest BCUT2D eigenvalue weighted by Gasteiger charge is -2.25. The lowest BCUT2D eigenvalue weighted by molar-refractivity contribution is -0.141. The third-order valence-corrected chi connectivity index (χ3v) is 7.08. The van der Waals surface area contributed by atoms with E-state index in [4.69, 9.17) is 0 Å². The van der Waals surface area contributed by atoms with E-state index in [1.54, 1.807) is 19.3 Å². The SMILES string of the molecule is CC(NC(=O)c1sc(CCN2CCCCC2)nc1C(F)(F)F)c1cccc(-c2cccnc2)c1. The number of likely N-dealkylation sites (tertiary alicyclic amines) is 1. The maximum Gasteiger partial charge on any atom is 0.435 e. The maximum atomic E-state index is 13.7. The number of amides is 1. The standard InChI is InChI=1S/C25H27F3N4OS/c1-17(18-7-5-8-19(15-18)20-9-6-11-29-16-20)30-24(33)22-23(25(26,27)28)31-21(34-22)10-14-32-12-3-2-4-13-32/h5-9,11,15-17H,2-4,10,12-14H2,1H3,(H,30,33). The smallest absolute Gasteiger partial charge is 0.345 e. The number of rotatable bonds is 7. The van der Waals surface area contributed by atoms with Crippen molar-refractivity contribution in [3.8, 4) is 11.1 Å². The Morgan fingerprint density at radius 3 is 2.62 bits per heavy atom. The van der Waals surface area contributed by atoms with Crippen LogP contribution in [0.5, 0.6) is 0 Å². The van der Waals surface area contributed by atoms with Gasteiger partial charge in [-0.1, -0.05) is 30.7 Å². The van der Waals surface area contributed by atoms with Gasteiger partial charge in [-0.2, -0.15) is 13.2 Å². The molecule has 0 saturated carbocycles. The summed E-state index contributed by atoms with van der Waals surface area (Å²) in [7, 11) is 0. The first-order valence-electron chi connectivity index (χ1n) is 11.4. The van der Waals surface area contributed by atoms with Gasteiger partial charge in [0.15, 0.2) is 5.69 Å². The van der Waals surface area contributed by atoms with E-state index in [0.29, 0.717) is 18.0 Å². The van der Waals surface area contributed by atoms with E-state index in [2.05, 4.69) is 20.2 Å². The summed E-state index contributed by atoms with van der Waals surface area (Å²) in [5.41, 5.74) is 1.53. The number of nitrogens with zero attached hydrogens (tertiary/aromatic N) is 3. The van der Waals surface area contributed by atoms with Crippen molar-refractivity contribution in [1.29, 1.82) is 0 Å². The van der Waals surface area contributed by atoms with E-state index >= 15 is 0 Å². The zero-order valence-electron chi connectivity index (χ0n) is 18.9. The fourth-order valence-corrected chi connectivity index (χ4v) is 5.10. The number of pyridine rings is 1. The first kappa shape index (κ1) is 24.3. The van der Waals surface area contributed by atoms with Crippen molar-refractivity contribution >= 4 is 17.2 Å². The van der Waals surface area contributed by atoms with Crippen LogP contribution in [0.3, 0.4) is 0 Å². The summed E-state index contributed by atoms with van der Waals surface area (Å²) in [6.45, 7) is 4.33. The number of carbonyl (C=O) groups is 1. The molecule has 34 heavy (non-hydrogen) atoms. The van der Waals surface area contributed by atoms with Crippen LogP contribution in [0.1, 0.15) is 58.2 Å². The van der Waals surface area contributed by atoms with E-state index in [9.17, 15) is 18.0 Å². The minimum Gasteiger partial charge on any atom is -0.345 e. The number of carbonyl (C=O) groups excluding carboxylic acids is 1. The third kappa shape index (κ3) is 6.01. The van der Waals surface area contributed by atoms with Crippen molar-refractivity contribution in [1.82, 2.24) is 20.2 Å². The Morgan fingerprint density at radius 1 is 1.15 bits per heavy atom. The number of hydrogen-bond acceptors (Lipinski definition) is 5. The molecule has 0 bridgehead atoms. The molecule has 5 nitrogen and oxygen atoms in total. The average Bonchev–Trinajstić information content (AvgIpc) is 3.29. The molecule has 1 unspecified atom stereocenters. The number of benzene rings is 1. The summed E-state index contributed by atoms with van der Waals surface area (Å²) < 4.78 is 41.0. The number of halogens is 3. The van der Waals surface area contributed by atoms with Crippen LogP contribution in [0, 0.1) is 0 Å². The summed E-state index contributed by atoms with van der Waals surface area (Å²) in [6.07, 6.45) is 2.56. The molecule has 1 amide bonds. The second-order valence-corrected chi connectivity index (χ2v) is 9.58. The van der Waals surface area contributed by atoms with E-state index in [0.717, 1.165) is 54.0 Å². The van der Waals surface area contributed by atoms with Gasteiger partial charge in [-0.15, -0.1) is 11.3 Å². The topological polar surface area (TPSA) is 58.1 Å².